The fourth-order valence-corrected chi connectivity index (χ4v) is 1.44. The summed E-state index contributed by atoms with van der Waals surface area (Å²) in [5, 5.41) is 0. The van der Waals surface area contributed by atoms with E-state index in [0.29, 0.717) is 0 Å². The third-order valence-electron chi connectivity index (χ3n) is 2.83. The van der Waals surface area contributed by atoms with Crippen LogP contribution in [0.4, 0.5) is 48.3 Å². The van der Waals surface area contributed by atoms with Crippen LogP contribution in [0.2, 0.25) is 0 Å². The number of hydrogen-bond acceptors (Lipinski definition) is 3. The highest BCUT2D eigenvalue weighted by atomic mass is 19.4. The standard InChI is InChI=1S/C13H7F11O3/c14-9(11(17,18)19,8(25)26-6-7-4-2-1-3-5-7)27-13(23,24)10(15,16)12(20,21)22/h1-5H,6H2/t9-/m1/s1. The van der Waals surface area contributed by atoms with E-state index < -0.39 is 42.8 Å². The predicted octanol–water partition coefficient (Wildman–Crippen LogP) is 4.76. The number of esters is 1. The van der Waals surface area contributed by atoms with Gasteiger partial charge in [-0.05, 0) is 5.56 Å². The zero-order valence-corrected chi connectivity index (χ0v) is 12.5. The highest BCUT2D eigenvalue weighted by molar-refractivity contribution is 5.78. The quantitative estimate of drug-likeness (QED) is 0.492. The summed E-state index contributed by atoms with van der Waals surface area (Å²) >= 11 is 0. The summed E-state index contributed by atoms with van der Waals surface area (Å²) in [5.41, 5.74) is -0.0808. The zero-order valence-electron chi connectivity index (χ0n) is 12.5. The van der Waals surface area contributed by atoms with Gasteiger partial charge in [-0.2, -0.15) is 48.3 Å². The van der Waals surface area contributed by atoms with E-state index in [-0.39, 0.29) is 5.56 Å². The Bertz CT molecular complexity index is 654. The number of rotatable bonds is 6. The van der Waals surface area contributed by atoms with Crippen LogP contribution in [0.1, 0.15) is 5.56 Å². The van der Waals surface area contributed by atoms with Gasteiger partial charge in [-0.3, -0.25) is 4.74 Å². The lowest BCUT2D eigenvalue weighted by molar-refractivity contribution is -0.475. The summed E-state index contributed by atoms with van der Waals surface area (Å²) < 4.78 is 145. The Morgan fingerprint density at radius 3 is 1.67 bits per heavy atom. The highest BCUT2D eigenvalue weighted by Crippen LogP contribution is 2.51. The van der Waals surface area contributed by atoms with Gasteiger partial charge < -0.3 is 4.74 Å². The number of benzene rings is 1. The fourth-order valence-electron chi connectivity index (χ4n) is 1.44. The molecule has 14 heteroatoms. The molecule has 0 radical (unpaired) electrons. The van der Waals surface area contributed by atoms with Gasteiger partial charge in [-0.15, -0.1) is 0 Å². The van der Waals surface area contributed by atoms with E-state index in [0.717, 1.165) is 12.1 Å². The van der Waals surface area contributed by atoms with E-state index in [1.807, 2.05) is 0 Å². The van der Waals surface area contributed by atoms with Gasteiger partial charge in [-0.1, -0.05) is 30.3 Å². The molecular formula is C13H7F11O3. The number of ether oxygens (including phenoxy) is 2. The molecule has 1 atom stereocenters. The van der Waals surface area contributed by atoms with Crippen LogP contribution in [-0.4, -0.2) is 36.2 Å². The van der Waals surface area contributed by atoms with E-state index in [1.54, 1.807) is 0 Å². The van der Waals surface area contributed by atoms with Gasteiger partial charge in [0.2, 0.25) is 0 Å². The van der Waals surface area contributed by atoms with E-state index in [2.05, 4.69) is 9.47 Å². The van der Waals surface area contributed by atoms with Crippen molar-refractivity contribution in [3.05, 3.63) is 35.9 Å². The number of carbonyl (C=O) groups is 1. The monoisotopic (exact) mass is 420 g/mol. The van der Waals surface area contributed by atoms with Gasteiger partial charge in [0.15, 0.2) is 0 Å². The molecule has 0 aliphatic carbocycles. The lowest BCUT2D eigenvalue weighted by Crippen LogP contribution is -2.61. The van der Waals surface area contributed by atoms with Crippen LogP contribution >= 0.6 is 0 Å². The lowest BCUT2D eigenvalue weighted by atomic mass is 10.2. The van der Waals surface area contributed by atoms with Crippen LogP contribution in [-0.2, 0) is 20.9 Å². The largest absolute Gasteiger partial charge is 0.462 e. The molecule has 3 nitrogen and oxygen atoms in total. The summed E-state index contributed by atoms with van der Waals surface area (Å²) in [6.45, 7) is -1.15. The van der Waals surface area contributed by atoms with Crippen LogP contribution in [0.25, 0.3) is 0 Å². The number of alkyl halides is 11. The zero-order chi connectivity index (χ0) is 21.3. The minimum atomic E-state index is -7.25. The molecule has 0 unspecified atom stereocenters. The molecule has 0 saturated heterocycles. The van der Waals surface area contributed by atoms with Crippen molar-refractivity contribution in [3.8, 4) is 0 Å². The summed E-state index contributed by atoms with van der Waals surface area (Å²) in [6.07, 6.45) is -21.0. The van der Waals surface area contributed by atoms with Crippen molar-refractivity contribution in [1.29, 1.82) is 0 Å². The molecule has 1 rings (SSSR count). The molecule has 0 amide bonds. The van der Waals surface area contributed by atoms with Crippen molar-refractivity contribution in [2.45, 2.75) is 36.8 Å². The van der Waals surface area contributed by atoms with Crippen molar-refractivity contribution in [3.63, 3.8) is 0 Å². The molecule has 0 heterocycles. The first-order valence-corrected chi connectivity index (χ1v) is 6.45. The van der Waals surface area contributed by atoms with Crippen molar-refractivity contribution in [1.82, 2.24) is 0 Å². The van der Waals surface area contributed by atoms with Crippen molar-refractivity contribution in [2.75, 3.05) is 0 Å². The van der Waals surface area contributed by atoms with Crippen molar-refractivity contribution < 1.29 is 62.6 Å². The minimum absolute atomic E-state index is 0.0808. The third kappa shape index (κ3) is 4.59. The highest BCUT2D eigenvalue weighted by Gasteiger charge is 2.80. The van der Waals surface area contributed by atoms with Crippen LogP contribution in [0.3, 0.4) is 0 Å². The van der Waals surface area contributed by atoms with Gasteiger partial charge in [0.05, 0.1) is 0 Å². The van der Waals surface area contributed by atoms with Crippen LogP contribution in [0, 0.1) is 0 Å². The summed E-state index contributed by atoms with van der Waals surface area (Å²) in [6, 6.07) is 6.24. The molecule has 154 valence electrons. The molecule has 0 fully saturated rings. The van der Waals surface area contributed by atoms with E-state index in [9.17, 15) is 53.1 Å². The smallest absolute Gasteiger partial charge is 0.456 e. The maximum Gasteiger partial charge on any atom is 0.462 e. The molecule has 0 spiro atoms. The van der Waals surface area contributed by atoms with Crippen LogP contribution in [0.5, 0.6) is 0 Å². The van der Waals surface area contributed by atoms with Crippen LogP contribution in [0.15, 0.2) is 30.3 Å². The van der Waals surface area contributed by atoms with Gasteiger partial charge in [0, 0.05) is 0 Å². The first-order valence-electron chi connectivity index (χ1n) is 6.45. The number of hydrogen-bond donors (Lipinski definition) is 0. The van der Waals surface area contributed by atoms with E-state index in [1.165, 1.54) is 18.2 Å². The molecule has 0 aliphatic rings. The topological polar surface area (TPSA) is 35.5 Å². The van der Waals surface area contributed by atoms with Gasteiger partial charge >= 0.3 is 36.2 Å². The van der Waals surface area contributed by atoms with Gasteiger partial charge in [-0.25, -0.2) is 4.79 Å². The molecule has 0 bridgehead atoms. The first-order chi connectivity index (χ1) is 12.0. The summed E-state index contributed by atoms with van der Waals surface area (Å²) in [5.74, 6) is -16.8. The second-order valence-corrected chi connectivity index (χ2v) is 4.85. The minimum Gasteiger partial charge on any atom is -0.456 e. The molecule has 0 N–H and O–H groups in total. The molecule has 0 aliphatic heterocycles. The molecule has 1 aromatic rings. The number of halogens is 11. The van der Waals surface area contributed by atoms with Crippen molar-refractivity contribution in [2.24, 2.45) is 0 Å². The Kier molecular flexibility index (Phi) is 6.05. The number of carbonyl (C=O) groups excluding carboxylic acids is 1. The summed E-state index contributed by atoms with van der Waals surface area (Å²) in [4.78, 5) is 11.2. The SMILES string of the molecule is O=C(OCc1ccccc1)[C@@](F)(OC(F)(F)C(F)(F)C(F)(F)F)C(F)(F)F. The molecule has 0 saturated carbocycles. The normalized spacial score (nSPS) is 16.0. The second kappa shape index (κ2) is 7.13. The van der Waals surface area contributed by atoms with Crippen LogP contribution < -0.4 is 0 Å². The molecular weight excluding hydrogens is 413 g/mol. The Labute approximate surface area is 142 Å². The maximum atomic E-state index is 13.8. The fraction of sp³-hybridized carbons (Fsp3) is 0.462. The summed E-state index contributed by atoms with van der Waals surface area (Å²) in [7, 11) is 0. The van der Waals surface area contributed by atoms with E-state index >= 15 is 0 Å². The second-order valence-electron chi connectivity index (χ2n) is 4.85. The first kappa shape index (κ1) is 22.9. The Morgan fingerprint density at radius 1 is 0.778 bits per heavy atom. The Morgan fingerprint density at radius 2 is 1.26 bits per heavy atom. The lowest BCUT2D eigenvalue weighted by Gasteiger charge is -2.33. The Balaban J connectivity index is 3.15. The average Bonchev–Trinajstić information content (AvgIpc) is 2.50. The maximum absolute atomic E-state index is 13.8. The van der Waals surface area contributed by atoms with Gasteiger partial charge in [0.25, 0.3) is 0 Å². The predicted molar refractivity (Wildman–Crippen MR) is 63.2 cm³/mol. The molecule has 1 aromatic carbocycles. The van der Waals surface area contributed by atoms with Crippen molar-refractivity contribution >= 4 is 5.97 Å². The van der Waals surface area contributed by atoms with Gasteiger partial charge in [0.1, 0.15) is 6.61 Å². The Hall–Kier alpha value is -2.12. The van der Waals surface area contributed by atoms with E-state index in [4.69, 9.17) is 0 Å². The molecule has 0 aromatic heterocycles. The molecule has 27 heavy (non-hydrogen) atoms. The third-order valence-corrected chi connectivity index (χ3v) is 2.83. The average molecular weight is 420 g/mol.